The largest absolute Gasteiger partial charge is 0.392 e. The Bertz CT molecular complexity index is 630. The van der Waals surface area contributed by atoms with Gasteiger partial charge in [-0.3, -0.25) is 4.79 Å². The van der Waals surface area contributed by atoms with E-state index in [1.807, 2.05) is 0 Å². The lowest BCUT2D eigenvalue weighted by molar-refractivity contribution is -0.142. The van der Waals surface area contributed by atoms with Crippen molar-refractivity contribution in [1.82, 2.24) is 0 Å². The highest BCUT2D eigenvalue weighted by Gasteiger charge is 2.61. The van der Waals surface area contributed by atoms with E-state index in [1.54, 1.807) is 0 Å². The van der Waals surface area contributed by atoms with Crippen LogP contribution in [0.4, 0.5) is 0 Å². The van der Waals surface area contributed by atoms with Crippen molar-refractivity contribution in [2.45, 2.75) is 84.2 Å². The van der Waals surface area contributed by atoms with Crippen LogP contribution in [0.5, 0.6) is 0 Å². The SMILES string of the molecule is C[C@]12CCC(=O)C[C@@H]1CC[C@@H]1[C@@H]2CC[C@]2(C)[C@@H](O)[C@H](CCCSC#N)C[C@@H]12. The Hall–Kier alpha value is -0.530. The molecule has 4 heteroatoms. The molecular formula is C23H35NO2S. The molecule has 1 N–H and O–H groups in total. The Labute approximate surface area is 168 Å². The van der Waals surface area contributed by atoms with E-state index in [-0.39, 0.29) is 11.5 Å². The number of rotatable bonds is 4. The van der Waals surface area contributed by atoms with Gasteiger partial charge in [0.2, 0.25) is 0 Å². The van der Waals surface area contributed by atoms with Crippen molar-refractivity contribution < 1.29 is 9.90 Å². The molecule has 0 unspecified atom stereocenters. The number of nitriles is 1. The van der Waals surface area contributed by atoms with Gasteiger partial charge >= 0.3 is 0 Å². The highest BCUT2D eigenvalue weighted by molar-refractivity contribution is 8.03. The average Bonchev–Trinajstić information content (AvgIpc) is 2.91. The number of thioether (sulfide) groups is 1. The number of hydrogen-bond donors (Lipinski definition) is 1. The number of aliphatic hydroxyl groups excluding tert-OH is 1. The van der Waals surface area contributed by atoms with Crippen LogP contribution in [-0.2, 0) is 4.79 Å². The number of aliphatic hydroxyl groups is 1. The number of fused-ring (bicyclic) bond motifs is 5. The number of carbonyl (C=O) groups excluding carboxylic acids is 1. The van der Waals surface area contributed by atoms with Gasteiger partial charge in [-0.05, 0) is 104 Å². The summed E-state index contributed by atoms with van der Waals surface area (Å²) < 4.78 is 0. The maximum Gasteiger partial charge on any atom is 0.133 e. The van der Waals surface area contributed by atoms with E-state index in [4.69, 9.17) is 5.26 Å². The van der Waals surface area contributed by atoms with E-state index in [0.29, 0.717) is 29.0 Å². The molecule has 8 atom stereocenters. The molecule has 4 aliphatic rings. The van der Waals surface area contributed by atoms with Crippen LogP contribution in [0, 0.1) is 51.1 Å². The minimum absolute atomic E-state index is 0.0852. The average molecular weight is 390 g/mol. The molecule has 0 bridgehead atoms. The monoisotopic (exact) mass is 389 g/mol. The lowest BCUT2D eigenvalue weighted by Gasteiger charge is -2.60. The van der Waals surface area contributed by atoms with E-state index in [2.05, 4.69) is 19.2 Å². The second-order valence-corrected chi connectivity index (χ2v) is 11.3. The Balaban J connectivity index is 1.50. The molecule has 0 heterocycles. The standard InChI is InChI=1S/C23H35NO2S/c1-22-9-7-17(25)13-16(22)5-6-18-19(22)8-10-23(2)20(18)12-15(21(23)26)4-3-11-27-14-24/h15-16,18-21,26H,3-13H2,1-2H3/t15-,16+,18-,19+,20+,21+,22+,23+/m1/s1. The van der Waals surface area contributed by atoms with Crippen LogP contribution < -0.4 is 0 Å². The summed E-state index contributed by atoms with van der Waals surface area (Å²) in [6.45, 7) is 4.85. The third kappa shape index (κ3) is 3.18. The quantitative estimate of drug-likeness (QED) is 0.531. The molecule has 27 heavy (non-hydrogen) atoms. The normalized spacial score (nSPS) is 49.0. The van der Waals surface area contributed by atoms with Gasteiger partial charge in [0.15, 0.2) is 0 Å². The number of Topliss-reactive ketones (excluding diaryl/α,β-unsaturated/α-hetero) is 1. The Morgan fingerprint density at radius 1 is 1.19 bits per heavy atom. The van der Waals surface area contributed by atoms with Crippen molar-refractivity contribution in [2.75, 3.05) is 5.75 Å². The van der Waals surface area contributed by atoms with Crippen molar-refractivity contribution in [1.29, 1.82) is 5.26 Å². The van der Waals surface area contributed by atoms with Gasteiger partial charge in [0, 0.05) is 18.6 Å². The van der Waals surface area contributed by atoms with Crippen LogP contribution in [0.2, 0.25) is 0 Å². The van der Waals surface area contributed by atoms with E-state index >= 15 is 0 Å². The van der Waals surface area contributed by atoms with Gasteiger partial charge in [-0.2, -0.15) is 5.26 Å². The molecule has 0 aromatic heterocycles. The molecule has 4 aliphatic carbocycles. The van der Waals surface area contributed by atoms with E-state index < -0.39 is 0 Å². The van der Waals surface area contributed by atoms with E-state index in [1.165, 1.54) is 37.4 Å². The number of hydrogen-bond acceptors (Lipinski definition) is 4. The van der Waals surface area contributed by atoms with Crippen molar-refractivity contribution in [3.8, 4) is 5.40 Å². The highest BCUT2D eigenvalue weighted by atomic mass is 32.2. The summed E-state index contributed by atoms with van der Waals surface area (Å²) in [6, 6.07) is 0. The third-order valence-corrected chi connectivity index (χ3v) is 10.1. The summed E-state index contributed by atoms with van der Waals surface area (Å²) in [5.41, 5.74) is 0.437. The van der Waals surface area contributed by atoms with Crippen LogP contribution >= 0.6 is 11.8 Å². The summed E-state index contributed by atoms with van der Waals surface area (Å²) in [6.07, 6.45) is 10.7. The fraction of sp³-hybridized carbons (Fsp3) is 0.913. The lowest BCUT2D eigenvalue weighted by atomic mass is 9.45. The first-order valence-electron chi connectivity index (χ1n) is 11.1. The van der Waals surface area contributed by atoms with Crippen LogP contribution in [0.1, 0.15) is 78.1 Å². The van der Waals surface area contributed by atoms with Gasteiger partial charge in [-0.25, -0.2) is 0 Å². The molecule has 3 nitrogen and oxygen atoms in total. The fourth-order valence-corrected chi connectivity index (χ4v) is 8.34. The zero-order valence-electron chi connectivity index (χ0n) is 17.0. The van der Waals surface area contributed by atoms with Crippen LogP contribution in [-0.4, -0.2) is 22.7 Å². The first-order chi connectivity index (χ1) is 12.9. The molecule has 0 spiro atoms. The summed E-state index contributed by atoms with van der Waals surface area (Å²) in [5, 5.41) is 22.1. The van der Waals surface area contributed by atoms with Crippen molar-refractivity contribution in [3.63, 3.8) is 0 Å². The third-order valence-electron chi connectivity index (χ3n) is 9.48. The molecule has 0 saturated heterocycles. The van der Waals surface area contributed by atoms with Gasteiger partial charge < -0.3 is 5.11 Å². The van der Waals surface area contributed by atoms with Crippen LogP contribution in [0.3, 0.4) is 0 Å². The van der Waals surface area contributed by atoms with Gasteiger partial charge in [0.05, 0.1) is 6.10 Å². The summed E-state index contributed by atoms with van der Waals surface area (Å²) in [5.74, 6) is 4.54. The van der Waals surface area contributed by atoms with Gasteiger partial charge in [0.1, 0.15) is 11.2 Å². The summed E-state index contributed by atoms with van der Waals surface area (Å²) >= 11 is 1.34. The molecule has 150 valence electrons. The highest BCUT2D eigenvalue weighted by Crippen LogP contribution is 2.67. The molecule has 0 aromatic carbocycles. The number of carbonyl (C=O) groups is 1. The predicted molar refractivity (Wildman–Crippen MR) is 109 cm³/mol. The van der Waals surface area contributed by atoms with Gasteiger partial charge in [-0.15, -0.1) is 0 Å². The second-order valence-electron chi connectivity index (χ2n) is 10.5. The fourth-order valence-electron chi connectivity index (χ4n) is 7.94. The zero-order chi connectivity index (χ0) is 19.2. The van der Waals surface area contributed by atoms with Crippen molar-refractivity contribution >= 4 is 17.5 Å². The number of nitrogens with zero attached hydrogens (tertiary/aromatic N) is 1. The predicted octanol–water partition coefficient (Wildman–Crippen LogP) is 5.18. The lowest BCUT2D eigenvalue weighted by Crippen LogP contribution is -2.54. The number of ketones is 1. The van der Waals surface area contributed by atoms with Crippen LogP contribution in [0.25, 0.3) is 0 Å². The van der Waals surface area contributed by atoms with Gasteiger partial charge in [-0.1, -0.05) is 13.8 Å². The molecule has 4 rings (SSSR count). The summed E-state index contributed by atoms with van der Waals surface area (Å²) in [7, 11) is 0. The minimum atomic E-state index is -0.172. The van der Waals surface area contributed by atoms with E-state index in [9.17, 15) is 9.90 Å². The van der Waals surface area contributed by atoms with Crippen molar-refractivity contribution in [2.24, 2.45) is 40.4 Å². The Morgan fingerprint density at radius 3 is 2.78 bits per heavy atom. The minimum Gasteiger partial charge on any atom is -0.392 e. The second kappa shape index (κ2) is 7.38. The summed E-state index contributed by atoms with van der Waals surface area (Å²) in [4.78, 5) is 12.0. The molecule has 0 aromatic rings. The topological polar surface area (TPSA) is 61.1 Å². The molecule has 0 radical (unpaired) electrons. The Morgan fingerprint density at radius 2 is 2.00 bits per heavy atom. The van der Waals surface area contributed by atoms with Crippen molar-refractivity contribution in [3.05, 3.63) is 0 Å². The molecule has 0 amide bonds. The van der Waals surface area contributed by atoms with Gasteiger partial charge in [0.25, 0.3) is 0 Å². The first-order valence-corrected chi connectivity index (χ1v) is 12.1. The first kappa shape index (κ1) is 19.8. The number of thiocyanates is 1. The molecular weight excluding hydrogens is 354 g/mol. The maximum atomic E-state index is 12.0. The molecule has 0 aliphatic heterocycles. The Kier molecular flexibility index (Phi) is 5.40. The molecule has 4 fully saturated rings. The van der Waals surface area contributed by atoms with E-state index in [0.717, 1.165) is 56.1 Å². The zero-order valence-corrected chi connectivity index (χ0v) is 17.8. The maximum absolute atomic E-state index is 12.0. The molecule has 4 saturated carbocycles. The smallest absolute Gasteiger partial charge is 0.133 e. The van der Waals surface area contributed by atoms with Crippen LogP contribution in [0.15, 0.2) is 0 Å².